The lowest BCUT2D eigenvalue weighted by Gasteiger charge is -2.19. The van der Waals surface area contributed by atoms with Gasteiger partial charge >= 0.3 is 5.97 Å². The summed E-state index contributed by atoms with van der Waals surface area (Å²) >= 11 is 0. The molecule has 0 aromatic carbocycles. The third-order valence-corrected chi connectivity index (χ3v) is 1.68. The first-order valence-corrected chi connectivity index (χ1v) is 4.00. The number of esters is 1. The van der Waals surface area contributed by atoms with Crippen LogP contribution in [0.15, 0.2) is 0 Å². The zero-order chi connectivity index (χ0) is 8.97. The van der Waals surface area contributed by atoms with Gasteiger partial charge in [-0.05, 0) is 6.92 Å². The Hall–Kier alpha value is -0.900. The third-order valence-electron chi connectivity index (χ3n) is 1.68. The molecule has 0 bridgehead atoms. The molecule has 1 rings (SSSR count). The standard InChI is InChI=1S/C8H12O4/c1-2-12-8(10)6-3-7(9)5-11-4-6/h6H,2-5H2,1H3. The number of ether oxygens (including phenoxy) is 2. The van der Waals surface area contributed by atoms with E-state index in [0.29, 0.717) is 13.2 Å². The minimum atomic E-state index is -0.383. The van der Waals surface area contributed by atoms with Crippen molar-refractivity contribution in [1.82, 2.24) is 0 Å². The van der Waals surface area contributed by atoms with Crippen molar-refractivity contribution >= 4 is 11.8 Å². The van der Waals surface area contributed by atoms with Crippen LogP contribution in [0.2, 0.25) is 0 Å². The molecular formula is C8H12O4. The summed E-state index contributed by atoms with van der Waals surface area (Å²) in [5, 5.41) is 0. The Morgan fingerprint density at radius 2 is 2.50 bits per heavy atom. The summed E-state index contributed by atoms with van der Waals surface area (Å²) in [6.07, 6.45) is 0.263. The van der Waals surface area contributed by atoms with Gasteiger partial charge in [0.2, 0.25) is 0 Å². The SMILES string of the molecule is CCOC(=O)C1COCC(=O)C1. The molecule has 12 heavy (non-hydrogen) atoms. The molecular weight excluding hydrogens is 160 g/mol. The maximum Gasteiger partial charge on any atom is 0.311 e. The number of hydrogen-bond acceptors (Lipinski definition) is 4. The molecule has 0 aromatic heterocycles. The Balaban J connectivity index is 2.40. The highest BCUT2D eigenvalue weighted by Crippen LogP contribution is 2.12. The first-order valence-electron chi connectivity index (χ1n) is 4.00. The first kappa shape index (κ1) is 9.19. The van der Waals surface area contributed by atoms with Crippen LogP contribution in [0.5, 0.6) is 0 Å². The van der Waals surface area contributed by atoms with Crippen LogP contribution in [0.25, 0.3) is 0 Å². The fourth-order valence-corrected chi connectivity index (χ4v) is 1.12. The predicted molar refractivity (Wildman–Crippen MR) is 40.6 cm³/mol. The van der Waals surface area contributed by atoms with E-state index >= 15 is 0 Å². The molecule has 1 atom stereocenters. The molecule has 0 N–H and O–H groups in total. The van der Waals surface area contributed by atoms with E-state index in [-0.39, 0.29) is 30.7 Å². The Morgan fingerprint density at radius 3 is 3.08 bits per heavy atom. The highest BCUT2D eigenvalue weighted by atomic mass is 16.5. The lowest BCUT2D eigenvalue weighted by Crippen LogP contribution is -2.32. The molecule has 0 saturated carbocycles. The van der Waals surface area contributed by atoms with Gasteiger partial charge < -0.3 is 9.47 Å². The average molecular weight is 172 g/mol. The van der Waals surface area contributed by atoms with E-state index < -0.39 is 0 Å². The number of hydrogen-bond donors (Lipinski definition) is 0. The summed E-state index contributed by atoms with van der Waals surface area (Å²) in [6.45, 7) is 2.54. The van der Waals surface area contributed by atoms with Gasteiger partial charge in [0.25, 0.3) is 0 Å². The van der Waals surface area contributed by atoms with Crippen molar-refractivity contribution in [3.8, 4) is 0 Å². The number of carbonyl (C=O) groups is 2. The second kappa shape index (κ2) is 4.21. The van der Waals surface area contributed by atoms with Crippen LogP contribution in [0.1, 0.15) is 13.3 Å². The van der Waals surface area contributed by atoms with Crippen molar-refractivity contribution in [3.63, 3.8) is 0 Å². The Bertz CT molecular complexity index is 187. The molecule has 68 valence electrons. The summed E-state index contributed by atoms with van der Waals surface area (Å²) in [5.41, 5.74) is 0. The molecule has 1 heterocycles. The molecule has 0 aliphatic carbocycles. The van der Waals surface area contributed by atoms with E-state index in [4.69, 9.17) is 9.47 Å². The van der Waals surface area contributed by atoms with Crippen molar-refractivity contribution < 1.29 is 19.1 Å². The van der Waals surface area contributed by atoms with Crippen LogP contribution in [-0.2, 0) is 19.1 Å². The summed E-state index contributed by atoms with van der Waals surface area (Å²) in [5.74, 6) is -0.740. The number of Topliss-reactive ketones (excluding diaryl/α,β-unsaturated/α-hetero) is 1. The molecule has 1 unspecified atom stereocenters. The van der Waals surface area contributed by atoms with Crippen molar-refractivity contribution in [2.24, 2.45) is 5.92 Å². The minimum absolute atomic E-state index is 0.0284. The average Bonchev–Trinajstić information content (AvgIpc) is 2.05. The van der Waals surface area contributed by atoms with E-state index in [9.17, 15) is 9.59 Å². The van der Waals surface area contributed by atoms with Crippen LogP contribution in [0, 0.1) is 5.92 Å². The number of ketones is 1. The molecule has 0 spiro atoms. The molecule has 1 aliphatic heterocycles. The van der Waals surface area contributed by atoms with Gasteiger partial charge in [-0.15, -0.1) is 0 Å². The number of carbonyl (C=O) groups excluding carboxylic acids is 2. The van der Waals surface area contributed by atoms with Crippen molar-refractivity contribution in [2.45, 2.75) is 13.3 Å². The molecule has 0 aromatic rings. The summed E-state index contributed by atoms with van der Waals surface area (Å²) in [4.78, 5) is 21.9. The lowest BCUT2D eigenvalue weighted by molar-refractivity contribution is -0.155. The summed E-state index contributed by atoms with van der Waals surface area (Å²) < 4.78 is 9.67. The van der Waals surface area contributed by atoms with Gasteiger partial charge in [0.15, 0.2) is 5.78 Å². The summed E-state index contributed by atoms with van der Waals surface area (Å²) in [6, 6.07) is 0. The van der Waals surface area contributed by atoms with E-state index in [1.165, 1.54) is 0 Å². The third kappa shape index (κ3) is 2.30. The van der Waals surface area contributed by atoms with Gasteiger partial charge in [-0.25, -0.2) is 0 Å². The van der Waals surface area contributed by atoms with Gasteiger partial charge in [0.05, 0.1) is 19.1 Å². The minimum Gasteiger partial charge on any atom is -0.466 e. The molecule has 4 heteroatoms. The Kier molecular flexibility index (Phi) is 3.22. The molecule has 1 saturated heterocycles. The van der Waals surface area contributed by atoms with Crippen molar-refractivity contribution in [3.05, 3.63) is 0 Å². The second-order valence-corrected chi connectivity index (χ2v) is 2.71. The maximum absolute atomic E-state index is 11.1. The summed E-state index contributed by atoms with van der Waals surface area (Å²) in [7, 11) is 0. The maximum atomic E-state index is 11.1. The van der Waals surface area contributed by atoms with Crippen molar-refractivity contribution in [2.75, 3.05) is 19.8 Å². The zero-order valence-electron chi connectivity index (χ0n) is 7.04. The van der Waals surface area contributed by atoms with Crippen molar-refractivity contribution in [1.29, 1.82) is 0 Å². The van der Waals surface area contributed by atoms with Crippen LogP contribution < -0.4 is 0 Å². The van der Waals surface area contributed by atoms with Gasteiger partial charge in [-0.3, -0.25) is 9.59 Å². The molecule has 0 radical (unpaired) electrons. The molecule has 4 nitrogen and oxygen atoms in total. The van der Waals surface area contributed by atoms with E-state index in [2.05, 4.69) is 0 Å². The fraction of sp³-hybridized carbons (Fsp3) is 0.750. The first-order chi connectivity index (χ1) is 5.74. The Labute approximate surface area is 70.8 Å². The molecule has 1 fully saturated rings. The Morgan fingerprint density at radius 1 is 1.75 bits per heavy atom. The van der Waals surface area contributed by atoms with E-state index in [1.807, 2.05) is 0 Å². The highest BCUT2D eigenvalue weighted by Gasteiger charge is 2.27. The van der Waals surface area contributed by atoms with Crippen LogP contribution >= 0.6 is 0 Å². The fourth-order valence-electron chi connectivity index (χ4n) is 1.12. The smallest absolute Gasteiger partial charge is 0.311 e. The topological polar surface area (TPSA) is 52.6 Å². The van der Waals surface area contributed by atoms with Crippen LogP contribution in [-0.4, -0.2) is 31.6 Å². The van der Waals surface area contributed by atoms with E-state index in [0.717, 1.165) is 0 Å². The highest BCUT2D eigenvalue weighted by molar-refractivity contribution is 5.86. The number of rotatable bonds is 2. The molecule has 1 aliphatic rings. The predicted octanol–water partition coefficient (Wildman–Crippen LogP) is 0.155. The lowest BCUT2D eigenvalue weighted by atomic mass is 10.0. The van der Waals surface area contributed by atoms with Crippen LogP contribution in [0.3, 0.4) is 0 Å². The van der Waals surface area contributed by atoms with Gasteiger partial charge in [0, 0.05) is 6.42 Å². The van der Waals surface area contributed by atoms with Gasteiger partial charge in [-0.2, -0.15) is 0 Å². The van der Waals surface area contributed by atoms with Gasteiger partial charge in [0.1, 0.15) is 6.61 Å². The zero-order valence-corrected chi connectivity index (χ0v) is 7.04. The van der Waals surface area contributed by atoms with E-state index in [1.54, 1.807) is 6.92 Å². The second-order valence-electron chi connectivity index (χ2n) is 2.71. The largest absolute Gasteiger partial charge is 0.466 e. The van der Waals surface area contributed by atoms with Gasteiger partial charge in [-0.1, -0.05) is 0 Å². The normalized spacial score (nSPS) is 23.8. The monoisotopic (exact) mass is 172 g/mol. The quantitative estimate of drug-likeness (QED) is 0.556. The molecule has 0 amide bonds. The van der Waals surface area contributed by atoms with Crippen LogP contribution in [0.4, 0.5) is 0 Å².